The van der Waals surface area contributed by atoms with Crippen molar-refractivity contribution in [3.63, 3.8) is 0 Å². The molecule has 1 aliphatic heterocycles. The highest BCUT2D eigenvalue weighted by atomic mass is 32.2. The van der Waals surface area contributed by atoms with Gasteiger partial charge in [-0.25, -0.2) is 8.42 Å². The molecule has 2 N–H and O–H groups in total. The third kappa shape index (κ3) is 6.26. The minimum Gasteiger partial charge on any atom is -0.483 e. The molecule has 182 valence electrons. The average Bonchev–Trinajstić information content (AvgIpc) is 3.43. The minimum atomic E-state index is -3.51. The molecule has 1 heterocycles. The highest BCUT2D eigenvalue weighted by molar-refractivity contribution is 7.89. The van der Waals surface area contributed by atoms with Crippen LogP contribution in [0.15, 0.2) is 83.8 Å². The van der Waals surface area contributed by atoms with Crippen LogP contribution < -0.4 is 15.4 Å². The molecule has 0 atom stereocenters. The van der Waals surface area contributed by atoms with E-state index in [9.17, 15) is 18.0 Å². The number of sulfonamides is 1. The SMILES string of the molecule is O=C(COc1ccccc1C(=O)NCc1ccccc1)Nc1ccc(S(=O)(=O)N2CCCC2)cc1. The number of hydrogen-bond acceptors (Lipinski definition) is 5. The van der Waals surface area contributed by atoms with Gasteiger partial charge in [0.15, 0.2) is 6.61 Å². The van der Waals surface area contributed by atoms with Crippen molar-refractivity contribution in [3.8, 4) is 5.75 Å². The van der Waals surface area contributed by atoms with Crippen LogP contribution in [-0.4, -0.2) is 44.2 Å². The van der Waals surface area contributed by atoms with E-state index in [-0.39, 0.29) is 17.4 Å². The van der Waals surface area contributed by atoms with Crippen LogP contribution in [0.3, 0.4) is 0 Å². The first-order chi connectivity index (χ1) is 16.9. The van der Waals surface area contributed by atoms with Crippen LogP contribution in [0.1, 0.15) is 28.8 Å². The maximum Gasteiger partial charge on any atom is 0.262 e. The molecule has 0 bridgehead atoms. The fraction of sp³-hybridized carbons (Fsp3) is 0.231. The van der Waals surface area contributed by atoms with Gasteiger partial charge in [0.25, 0.3) is 11.8 Å². The van der Waals surface area contributed by atoms with Crippen LogP contribution in [-0.2, 0) is 21.4 Å². The Kier molecular flexibility index (Phi) is 7.79. The summed E-state index contributed by atoms with van der Waals surface area (Å²) in [6.45, 7) is 1.13. The molecule has 1 fully saturated rings. The third-order valence-electron chi connectivity index (χ3n) is 5.63. The number of anilines is 1. The van der Waals surface area contributed by atoms with E-state index in [4.69, 9.17) is 4.74 Å². The summed E-state index contributed by atoms with van der Waals surface area (Å²) in [6, 6.07) is 22.3. The number of nitrogens with zero attached hydrogens (tertiary/aromatic N) is 1. The predicted octanol–water partition coefficient (Wildman–Crippen LogP) is 3.42. The molecule has 9 heteroatoms. The molecule has 35 heavy (non-hydrogen) atoms. The maximum absolute atomic E-state index is 12.6. The first-order valence-electron chi connectivity index (χ1n) is 11.4. The van der Waals surface area contributed by atoms with Crippen LogP contribution in [0.25, 0.3) is 0 Å². The molecule has 4 rings (SSSR count). The van der Waals surface area contributed by atoms with Crippen molar-refractivity contribution < 1.29 is 22.7 Å². The lowest BCUT2D eigenvalue weighted by molar-refractivity contribution is -0.118. The van der Waals surface area contributed by atoms with Gasteiger partial charge in [0.1, 0.15) is 5.75 Å². The Bertz CT molecular complexity index is 1270. The van der Waals surface area contributed by atoms with Crippen LogP contribution >= 0.6 is 0 Å². The van der Waals surface area contributed by atoms with E-state index in [0.29, 0.717) is 36.6 Å². The van der Waals surface area contributed by atoms with Gasteiger partial charge in [-0.1, -0.05) is 42.5 Å². The second kappa shape index (κ2) is 11.2. The quantitative estimate of drug-likeness (QED) is 0.475. The van der Waals surface area contributed by atoms with Crippen molar-refractivity contribution in [2.75, 3.05) is 25.0 Å². The predicted molar refractivity (Wildman–Crippen MR) is 133 cm³/mol. The standard InChI is InChI=1S/C26H27N3O5S/c30-25(28-21-12-14-22(15-13-21)35(32,33)29-16-6-7-17-29)19-34-24-11-5-4-10-23(24)26(31)27-18-20-8-2-1-3-9-20/h1-5,8-15H,6-7,16-19H2,(H,27,31)(H,28,30). The van der Waals surface area contributed by atoms with E-state index < -0.39 is 15.9 Å². The van der Waals surface area contributed by atoms with Crippen molar-refractivity contribution in [2.24, 2.45) is 0 Å². The van der Waals surface area contributed by atoms with Crippen LogP contribution in [0.2, 0.25) is 0 Å². The summed E-state index contributed by atoms with van der Waals surface area (Å²) in [4.78, 5) is 25.2. The van der Waals surface area contributed by atoms with Crippen molar-refractivity contribution >= 4 is 27.5 Å². The molecule has 0 unspecified atom stereocenters. The zero-order chi connectivity index (χ0) is 24.7. The topological polar surface area (TPSA) is 105 Å². The van der Waals surface area contributed by atoms with Gasteiger partial charge in [-0.15, -0.1) is 0 Å². The number of hydrogen-bond donors (Lipinski definition) is 2. The van der Waals surface area contributed by atoms with Crippen molar-refractivity contribution in [1.82, 2.24) is 9.62 Å². The van der Waals surface area contributed by atoms with Crippen LogP contribution in [0, 0.1) is 0 Å². The lowest BCUT2D eigenvalue weighted by Crippen LogP contribution is -2.27. The molecular formula is C26H27N3O5S. The number of amides is 2. The number of para-hydroxylation sites is 1. The Balaban J connectivity index is 1.32. The monoisotopic (exact) mass is 493 g/mol. The number of carbonyl (C=O) groups is 2. The molecule has 8 nitrogen and oxygen atoms in total. The summed E-state index contributed by atoms with van der Waals surface area (Å²) in [7, 11) is -3.51. The highest BCUT2D eigenvalue weighted by Crippen LogP contribution is 2.22. The summed E-state index contributed by atoms with van der Waals surface area (Å²) in [5.41, 5.74) is 1.75. The van der Waals surface area contributed by atoms with Crippen molar-refractivity contribution in [3.05, 3.63) is 90.0 Å². The van der Waals surface area contributed by atoms with Gasteiger partial charge in [0, 0.05) is 25.3 Å². The molecule has 0 radical (unpaired) electrons. The average molecular weight is 494 g/mol. The number of carbonyl (C=O) groups excluding carboxylic acids is 2. The third-order valence-corrected chi connectivity index (χ3v) is 7.54. The smallest absolute Gasteiger partial charge is 0.262 e. The lowest BCUT2D eigenvalue weighted by atomic mass is 10.1. The Morgan fingerprint density at radius 1 is 0.857 bits per heavy atom. The van der Waals surface area contributed by atoms with Gasteiger partial charge in [-0.2, -0.15) is 4.31 Å². The number of benzene rings is 3. The van der Waals surface area contributed by atoms with Crippen LogP contribution in [0.4, 0.5) is 5.69 Å². The maximum atomic E-state index is 12.6. The molecule has 3 aromatic rings. The summed E-state index contributed by atoms with van der Waals surface area (Å²) < 4.78 is 32.3. The van der Waals surface area contributed by atoms with Gasteiger partial charge < -0.3 is 15.4 Å². The van der Waals surface area contributed by atoms with E-state index in [2.05, 4.69) is 10.6 Å². The van der Waals surface area contributed by atoms with Crippen LogP contribution in [0.5, 0.6) is 5.75 Å². The molecule has 2 amide bonds. The Labute approximate surface area is 205 Å². The summed E-state index contributed by atoms with van der Waals surface area (Å²) in [5.74, 6) is -0.445. The summed E-state index contributed by atoms with van der Waals surface area (Å²) in [5, 5.41) is 5.53. The lowest BCUT2D eigenvalue weighted by Gasteiger charge is -2.16. The second-order valence-electron chi connectivity index (χ2n) is 8.14. The van der Waals surface area contributed by atoms with E-state index >= 15 is 0 Å². The highest BCUT2D eigenvalue weighted by Gasteiger charge is 2.27. The van der Waals surface area contributed by atoms with Gasteiger partial charge in [-0.05, 0) is 54.8 Å². The van der Waals surface area contributed by atoms with Gasteiger partial charge in [0.05, 0.1) is 10.5 Å². The van der Waals surface area contributed by atoms with Crippen molar-refractivity contribution in [1.29, 1.82) is 0 Å². The molecule has 1 aliphatic rings. The molecule has 0 aliphatic carbocycles. The summed E-state index contributed by atoms with van der Waals surface area (Å²) in [6.07, 6.45) is 1.73. The Morgan fingerprint density at radius 2 is 1.51 bits per heavy atom. The molecule has 1 saturated heterocycles. The van der Waals surface area contributed by atoms with Crippen molar-refractivity contribution in [2.45, 2.75) is 24.3 Å². The Morgan fingerprint density at radius 3 is 2.23 bits per heavy atom. The summed E-state index contributed by atoms with van der Waals surface area (Å²) >= 11 is 0. The van der Waals surface area contributed by atoms with Gasteiger partial charge in [0.2, 0.25) is 10.0 Å². The first kappa shape index (κ1) is 24.4. The molecule has 3 aromatic carbocycles. The number of rotatable bonds is 9. The second-order valence-corrected chi connectivity index (χ2v) is 10.1. The van der Waals surface area contributed by atoms with E-state index in [1.807, 2.05) is 30.3 Å². The molecule has 0 aromatic heterocycles. The zero-order valence-corrected chi connectivity index (χ0v) is 20.0. The minimum absolute atomic E-state index is 0.198. The van der Waals surface area contributed by atoms with Gasteiger partial charge in [-0.3, -0.25) is 9.59 Å². The fourth-order valence-corrected chi connectivity index (χ4v) is 5.30. The van der Waals surface area contributed by atoms with E-state index in [0.717, 1.165) is 18.4 Å². The molecule has 0 saturated carbocycles. The van der Waals surface area contributed by atoms with E-state index in [1.54, 1.807) is 36.4 Å². The number of ether oxygens (including phenoxy) is 1. The fourth-order valence-electron chi connectivity index (χ4n) is 3.78. The largest absolute Gasteiger partial charge is 0.483 e. The zero-order valence-electron chi connectivity index (χ0n) is 19.1. The molecular weight excluding hydrogens is 466 g/mol. The normalized spacial score (nSPS) is 13.8. The first-order valence-corrected chi connectivity index (χ1v) is 12.8. The van der Waals surface area contributed by atoms with E-state index in [1.165, 1.54) is 16.4 Å². The molecule has 0 spiro atoms. The number of nitrogens with one attached hydrogen (secondary N) is 2. The Hall–Kier alpha value is -3.69. The van der Waals surface area contributed by atoms with Gasteiger partial charge >= 0.3 is 0 Å².